The molecule has 1 amide bonds. The summed E-state index contributed by atoms with van der Waals surface area (Å²) in [7, 11) is 1.87. The van der Waals surface area contributed by atoms with Crippen LogP contribution in [-0.4, -0.2) is 31.4 Å². The lowest BCUT2D eigenvalue weighted by Crippen LogP contribution is -2.14. The van der Waals surface area contributed by atoms with Gasteiger partial charge in [-0.3, -0.25) is 9.78 Å². The van der Waals surface area contributed by atoms with Crippen molar-refractivity contribution in [3.05, 3.63) is 78.6 Å². The number of aryl methyl sites for hydroxylation is 1. The van der Waals surface area contributed by atoms with Crippen molar-refractivity contribution in [2.75, 3.05) is 11.1 Å². The molecule has 2 heterocycles. The zero-order valence-electron chi connectivity index (χ0n) is 17.1. The van der Waals surface area contributed by atoms with Gasteiger partial charge in [0.25, 0.3) is 0 Å². The van der Waals surface area contributed by atoms with Crippen LogP contribution in [0.25, 0.3) is 11.4 Å². The summed E-state index contributed by atoms with van der Waals surface area (Å²) in [5.41, 5.74) is 2.72. The average Bonchev–Trinajstić information content (AvgIpc) is 3.15. The number of anilines is 1. The number of nitrogens with one attached hydrogen (secondary N) is 1. The van der Waals surface area contributed by atoms with Crippen LogP contribution >= 0.6 is 11.8 Å². The summed E-state index contributed by atoms with van der Waals surface area (Å²) in [4.78, 5) is 16.5. The molecule has 0 spiro atoms. The molecule has 156 valence electrons. The molecular weight excluding hydrogens is 410 g/mol. The highest BCUT2D eigenvalue weighted by atomic mass is 32.2. The van der Waals surface area contributed by atoms with Gasteiger partial charge in [-0.15, -0.1) is 10.2 Å². The fraction of sp³-hybridized carbons (Fsp3) is 0.130. The van der Waals surface area contributed by atoms with Crippen molar-refractivity contribution in [3.63, 3.8) is 0 Å². The van der Waals surface area contributed by atoms with Gasteiger partial charge in [0.2, 0.25) is 5.91 Å². The van der Waals surface area contributed by atoms with Crippen molar-refractivity contribution in [1.29, 1.82) is 0 Å². The number of hydrogen-bond acceptors (Lipinski definition) is 6. The molecule has 4 aromatic rings. The first-order valence-electron chi connectivity index (χ1n) is 9.65. The van der Waals surface area contributed by atoms with Gasteiger partial charge in [-0.2, -0.15) is 0 Å². The molecule has 0 atom stereocenters. The average molecular weight is 432 g/mol. The van der Waals surface area contributed by atoms with E-state index in [0.717, 1.165) is 16.9 Å². The number of carbonyl (C=O) groups is 1. The Kier molecular flexibility index (Phi) is 6.28. The zero-order chi connectivity index (χ0) is 21.6. The van der Waals surface area contributed by atoms with Crippen LogP contribution in [0.1, 0.15) is 5.56 Å². The fourth-order valence-electron chi connectivity index (χ4n) is 2.94. The van der Waals surface area contributed by atoms with Crippen LogP contribution in [0.3, 0.4) is 0 Å². The van der Waals surface area contributed by atoms with Crippen molar-refractivity contribution in [3.8, 4) is 22.9 Å². The summed E-state index contributed by atoms with van der Waals surface area (Å²) < 4.78 is 7.69. The smallest absolute Gasteiger partial charge is 0.234 e. The van der Waals surface area contributed by atoms with Gasteiger partial charge in [-0.05, 0) is 61.0 Å². The van der Waals surface area contributed by atoms with E-state index in [4.69, 9.17) is 4.74 Å². The Morgan fingerprint density at radius 3 is 2.65 bits per heavy atom. The molecule has 4 rings (SSSR count). The van der Waals surface area contributed by atoms with Crippen LogP contribution in [0.15, 0.2) is 78.2 Å². The van der Waals surface area contributed by atoms with Gasteiger partial charge in [0.05, 0.1) is 5.75 Å². The monoisotopic (exact) mass is 431 g/mol. The van der Waals surface area contributed by atoms with E-state index in [2.05, 4.69) is 20.5 Å². The quantitative estimate of drug-likeness (QED) is 0.427. The first kappa shape index (κ1) is 20.6. The lowest BCUT2D eigenvalue weighted by molar-refractivity contribution is -0.113. The van der Waals surface area contributed by atoms with Crippen LogP contribution in [0.5, 0.6) is 11.5 Å². The third-order valence-electron chi connectivity index (χ3n) is 4.45. The Hall–Kier alpha value is -3.65. The standard InChI is InChI=1S/C23H21N5O2S/c1-16-5-3-7-20(13-16)30-19-10-8-18(9-11-19)25-21(29)15-31-23-27-26-22(28(23)2)17-6-4-12-24-14-17/h3-14H,15H2,1-2H3,(H,25,29). The molecule has 1 N–H and O–H groups in total. The van der Waals surface area contributed by atoms with E-state index >= 15 is 0 Å². The lowest BCUT2D eigenvalue weighted by Gasteiger charge is -2.08. The van der Waals surface area contributed by atoms with Gasteiger partial charge in [-0.1, -0.05) is 23.9 Å². The summed E-state index contributed by atoms with van der Waals surface area (Å²) in [6.07, 6.45) is 3.44. The molecule has 0 bridgehead atoms. The van der Waals surface area contributed by atoms with Crippen LogP contribution < -0.4 is 10.1 Å². The number of nitrogens with zero attached hydrogens (tertiary/aromatic N) is 4. The SMILES string of the molecule is Cc1cccc(Oc2ccc(NC(=O)CSc3nnc(-c4cccnc4)n3C)cc2)c1. The zero-order valence-corrected chi connectivity index (χ0v) is 18.0. The molecule has 2 aromatic heterocycles. The van der Waals surface area contributed by atoms with Crippen LogP contribution in [0, 0.1) is 6.92 Å². The summed E-state index contributed by atoms with van der Waals surface area (Å²) in [5.74, 6) is 2.30. The Balaban J connectivity index is 1.32. The Labute approximate surface area is 184 Å². The predicted octanol–water partition coefficient (Wildman–Crippen LogP) is 4.71. The Bertz CT molecular complexity index is 1180. The minimum atomic E-state index is -0.122. The summed E-state index contributed by atoms with van der Waals surface area (Å²) in [5, 5.41) is 11.9. The number of ether oxygens (including phenoxy) is 1. The molecule has 0 saturated heterocycles. The topological polar surface area (TPSA) is 81.9 Å². The van der Waals surface area contributed by atoms with E-state index in [1.807, 2.05) is 79.2 Å². The van der Waals surface area contributed by atoms with E-state index in [-0.39, 0.29) is 11.7 Å². The van der Waals surface area contributed by atoms with Gasteiger partial charge in [-0.25, -0.2) is 0 Å². The van der Waals surface area contributed by atoms with E-state index in [0.29, 0.717) is 22.4 Å². The highest BCUT2D eigenvalue weighted by molar-refractivity contribution is 7.99. The molecule has 2 aromatic carbocycles. The summed E-state index contributed by atoms with van der Waals surface area (Å²) >= 11 is 1.33. The Morgan fingerprint density at radius 2 is 1.90 bits per heavy atom. The van der Waals surface area contributed by atoms with Crippen molar-refractivity contribution in [2.45, 2.75) is 12.1 Å². The number of thioether (sulfide) groups is 1. The molecule has 8 heteroatoms. The largest absolute Gasteiger partial charge is 0.457 e. The number of rotatable bonds is 7. The minimum absolute atomic E-state index is 0.122. The van der Waals surface area contributed by atoms with Gasteiger partial charge >= 0.3 is 0 Å². The number of pyridine rings is 1. The van der Waals surface area contributed by atoms with Crippen LogP contribution in [0.4, 0.5) is 5.69 Å². The van der Waals surface area contributed by atoms with Crippen molar-refractivity contribution < 1.29 is 9.53 Å². The highest BCUT2D eigenvalue weighted by Crippen LogP contribution is 2.25. The maximum atomic E-state index is 12.4. The van der Waals surface area contributed by atoms with E-state index < -0.39 is 0 Å². The number of benzene rings is 2. The van der Waals surface area contributed by atoms with E-state index in [1.165, 1.54) is 11.8 Å². The third kappa shape index (κ3) is 5.29. The molecule has 7 nitrogen and oxygen atoms in total. The number of hydrogen-bond donors (Lipinski definition) is 1. The predicted molar refractivity (Wildman–Crippen MR) is 121 cm³/mol. The molecular formula is C23H21N5O2S. The molecule has 0 radical (unpaired) electrons. The molecule has 0 aliphatic carbocycles. The molecule has 0 aliphatic heterocycles. The lowest BCUT2D eigenvalue weighted by atomic mass is 10.2. The Morgan fingerprint density at radius 1 is 1.06 bits per heavy atom. The van der Waals surface area contributed by atoms with Crippen LogP contribution in [-0.2, 0) is 11.8 Å². The summed E-state index contributed by atoms with van der Waals surface area (Å²) in [6.45, 7) is 2.02. The van der Waals surface area contributed by atoms with Gasteiger partial charge < -0.3 is 14.6 Å². The fourth-order valence-corrected chi connectivity index (χ4v) is 3.65. The van der Waals surface area contributed by atoms with E-state index in [1.54, 1.807) is 12.4 Å². The molecule has 0 unspecified atom stereocenters. The number of amides is 1. The number of aromatic nitrogens is 4. The normalized spacial score (nSPS) is 10.6. The number of carbonyl (C=O) groups excluding carboxylic acids is 1. The molecule has 0 saturated carbocycles. The maximum absolute atomic E-state index is 12.4. The first-order valence-corrected chi connectivity index (χ1v) is 10.6. The maximum Gasteiger partial charge on any atom is 0.234 e. The second-order valence-corrected chi connectivity index (χ2v) is 7.83. The molecule has 31 heavy (non-hydrogen) atoms. The van der Waals surface area contributed by atoms with Gasteiger partial charge in [0, 0.05) is 30.7 Å². The third-order valence-corrected chi connectivity index (χ3v) is 5.47. The minimum Gasteiger partial charge on any atom is -0.457 e. The second kappa shape index (κ2) is 9.44. The second-order valence-electron chi connectivity index (χ2n) is 6.89. The first-order chi connectivity index (χ1) is 15.1. The highest BCUT2D eigenvalue weighted by Gasteiger charge is 2.13. The molecule has 0 fully saturated rings. The van der Waals surface area contributed by atoms with E-state index in [9.17, 15) is 4.79 Å². The van der Waals surface area contributed by atoms with Gasteiger partial charge in [0.15, 0.2) is 11.0 Å². The van der Waals surface area contributed by atoms with Gasteiger partial charge in [0.1, 0.15) is 11.5 Å². The van der Waals surface area contributed by atoms with Crippen molar-refractivity contribution >= 4 is 23.4 Å². The van der Waals surface area contributed by atoms with Crippen LogP contribution in [0.2, 0.25) is 0 Å². The summed E-state index contributed by atoms with van der Waals surface area (Å²) in [6, 6.07) is 18.9. The van der Waals surface area contributed by atoms with Crippen molar-refractivity contribution in [2.24, 2.45) is 7.05 Å². The molecule has 0 aliphatic rings. The van der Waals surface area contributed by atoms with Crippen molar-refractivity contribution in [1.82, 2.24) is 19.7 Å².